The lowest BCUT2D eigenvalue weighted by Crippen LogP contribution is -2.42. The van der Waals surface area contributed by atoms with Crippen LogP contribution in [-0.2, 0) is 17.9 Å². The average Bonchev–Trinajstić information content (AvgIpc) is 3.02. The standard InChI is InChI=1S/C15H13N5O4/c16-5-10-24-12-3-1-11(2-4-12)18-6-7-19-13(22)14(23)20(8-9-21)17-15(18)19/h1-4,9H,6-8,10H2. The van der Waals surface area contributed by atoms with Crippen LogP contribution in [0.3, 0.4) is 0 Å². The molecular formula is C15H13N5O4. The summed E-state index contributed by atoms with van der Waals surface area (Å²) >= 11 is 0. The summed E-state index contributed by atoms with van der Waals surface area (Å²) < 4.78 is 7.35. The number of anilines is 2. The minimum Gasteiger partial charge on any atom is -0.479 e. The lowest BCUT2D eigenvalue weighted by atomic mass is 10.3. The smallest absolute Gasteiger partial charge is 0.333 e. The van der Waals surface area contributed by atoms with Crippen molar-refractivity contribution < 1.29 is 9.53 Å². The summed E-state index contributed by atoms with van der Waals surface area (Å²) in [6.07, 6.45) is 0.519. The van der Waals surface area contributed by atoms with Crippen LogP contribution >= 0.6 is 0 Å². The van der Waals surface area contributed by atoms with Crippen molar-refractivity contribution in [3.63, 3.8) is 0 Å². The quantitative estimate of drug-likeness (QED) is 0.545. The molecule has 0 saturated carbocycles. The van der Waals surface area contributed by atoms with E-state index >= 15 is 0 Å². The second-order valence-corrected chi connectivity index (χ2v) is 5.00. The molecule has 3 rings (SSSR count). The fourth-order valence-electron chi connectivity index (χ4n) is 2.50. The first-order valence-electron chi connectivity index (χ1n) is 7.18. The first-order chi connectivity index (χ1) is 11.7. The first-order valence-corrected chi connectivity index (χ1v) is 7.18. The fraction of sp³-hybridized carbons (Fsp3) is 0.267. The third-order valence-electron chi connectivity index (χ3n) is 3.60. The molecule has 1 aromatic heterocycles. The van der Waals surface area contributed by atoms with E-state index in [4.69, 9.17) is 10.00 Å². The minimum absolute atomic E-state index is 0.0409. The third kappa shape index (κ3) is 2.65. The predicted molar refractivity (Wildman–Crippen MR) is 83.4 cm³/mol. The Labute approximate surface area is 135 Å². The molecule has 9 nitrogen and oxygen atoms in total. The summed E-state index contributed by atoms with van der Waals surface area (Å²) in [7, 11) is 0. The number of rotatable bonds is 5. The number of fused-ring (bicyclic) bond motifs is 1. The predicted octanol–water partition coefficient (Wildman–Crippen LogP) is -0.342. The highest BCUT2D eigenvalue weighted by Gasteiger charge is 2.25. The van der Waals surface area contributed by atoms with Crippen LogP contribution in [-0.4, -0.2) is 33.8 Å². The molecule has 0 N–H and O–H groups in total. The second-order valence-electron chi connectivity index (χ2n) is 5.00. The molecule has 0 fully saturated rings. The van der Waals surface area contributed by atoms with Crippen LogP contribution in [0.2, 0.25) is 0 Å². The van der Waals surface area contributed by atoms with Gasteiger partial charge in [0.1, 0.15) is 24.6 Å². The van der Waals surface area contributed by atoms with E-state index in [-0.39, 0.29) is 13.2 Å². The van der Waals surface area contributed by atoms with E-state index in [0.29, 0.717) is 31.1 Å². The van der Waals surface area contributed by atoms with Gasteiger partial charge >= 0.3 is 11.1 Å². The molecular weight excluding hydrogens is 314 g/mol. The Kier molecular flexibility index (Phi) is 4.11. The molecule has 1 aliphatic heterocycles. The maximum absolute atomic E-state index is 12.1. The van der Waals surface area contributed by atoms with Gasteiger partial charge in [-0.15, -0.1) is 5.10 Å². The Morgan fingerprint density at radius 2 is 1.96 bits per heavy atom. The number of benzene rings is 1. The molecule has 0 amide bonds. The van der Waals surface area contributed by atoms with Gasteiger partial charge in [-0.3, -0.25) is 14.2 Å². The van der Waals surface area contributed by atoms with Gasteiger partial charge in [-0.05, 0) is 24.3 Å². The number of nitrogens with zero attached hydrogens (tertiary/aromatic N) is 5. The molecule has 0 atom stereocenters. The lowest BCUT2D eigenvalue weighted by Gasteiger charge is -2.18. The van der Waals surface area contributed by atoms with Crippen LogP contribution in [0.5, 0.6) is 5.75 Å². The van der Waals surface area contributed by atoms with Crippen molar-refractivity contribution in [3.05, 3.63) is 45.0 Å². The molecule has 2 aromatic rings. The number of ether oxygens (including phenoxy) is 1. The van der Waals surface area contributed by atoms with Gasteiger partial charge in [0, 0.05) is 18.8 Å². The van der Waals surface area contributed by atoms with Crippen LogP contribution in [0.1, 0.15) is 0 Å². The van der Waals surface area contributed by atoms with E-state index in [1.165, 1.54) is 4.57 Å². The van der Waals surface area contributed by atoms with Gasteiger partial charge in [0.25, 0.3) is 0 Å². The number of carbonyl (C=O) groups excluding carboxylic acids is 1. The van der Waals surface area contributed by atoms with Crippen molar-refractivity contribution in [1.29, 1.82) is 5.26 Å². The molecule has 24 heavy (non-hydrogen) atoms. The van der Waals surface area contributed by atoms with Gasteiger partial charge in [0.05, 0.1) is 0 Å². The summed E-state index contributed by atoms with van der Waals surface area (Å²) in [4.78, 5) is 36.4. The van der Waals surface area contributed by atoms with Crippen molar-refractivity contribution in [2.45, 2.75) is 13.1 Å². The van der Waals surface area contributed by atoms with Crippen molar-refractivity contribution >= 4 is 17.9 Å². The minimum atomic E-state index is -0.812. The topological polar surface area (TPSA) is 110 Å². The molecule has 0 unspecified atom stereocenters. The molecule has 0 bridgehead atoms. The Balaban J connectivity index is 1.97. The number of nitriles is 1. The first kappa shape index (κ1) is 15.5. The van der Waals surface area contributed by atoms with E-state index < -0.39 is 11.1 Å². The maximum Gasteiger partial charge on any atom is 0.333 e. The van der Waals surface area contributed by atoms with Crippen molar-refractivity contribution in [3.8, 4) is 11.8 Å². The van der Waals surface area contributed by atoms with Gasteiger partial charge in [-0.1, -0.05) is 0 Å². The van der Waals surface area contributed by atoms with Gasteiger partial charge in [-0.25, -0.2) is 4.68 Å². The van der Waals surface area contributed by atoms with E-state index in [1.54, 1.807) is 29.2 Å². The average molecular weight is 327 g/mol. The number of hydrogen-bond acceptors (Lipinski definition) is 7. The normalized spacial score (nSPS) is 12.5. The van der Waals surface area contributed by atoms with Crippen molar-refractivity contribution in [2.75, 3.05) is 18.1 Å². The van der Waals surface area contributed by atoms with Crippen molar-refractivity contribution in [1.82, 2.24) is 14.3 Å². The highest BCUT2D eigenvalue weighted by molar-refractivity contribution is 5.60. The van der Waals surface area contributed by atoms with Gasteiger partial charge in [-0.2, -0.15) is 5.26 Å². The number of aromatic nitrogens is 3. The van der Waals surface area contributed by atoms with Crippen LogP contribution in [0.25, 0.3) is 0 Å². The van der Waals surface area contributed by atoms with Gasteiger partial charge in [0.15, 0.2) is 6.61 Å². The van der Waals surface area contributed by atoms with E-state index in [1.807, 2.05) is 6.07 Å². The Hall–Kier alpha value is -3.41. The SMILES string of the molecule is N#CCOc1ccc(N2CCn3c2nn(CC=O)c(=O)c3=O)cc1. The molecule has 2 heterocycles. The molecule has 0 saturated heterocycles. The molecule has 1 aliphatic rings. The van der Waals surface area contributed by atoms with Crippen LogP contribution in [0.4, 0.5) is 11.6 Å². The molecule has 0 spiro atoms. The molecule has 9 heteroatoms. The van der Waals surface area contributed by atoms with Crippen LogP contribution in [0.15, 0.2) is 33.9 Å². The maximum atomic E-state index is 12.1. The fourth-order valence-corrected chi connectivity index (χ4v) is 2.50. The summed E-state index contributed by atoms with van der Waals surface area (Å²) in [5.41, 5.74) is -0.750. The monoisotopic (exact) mass is 327 g/mol. The van der Waals surface area contributed by atoms with Crippen molar-refractivity contribution in [2.24, 2.45) is 0 Å². The highest BCUT2D eigenvalue weighted by Crippen LogP contribution is 2.27. The Morgan fingerprint density at radius 3 is 2.62 bits per heavy atom. The zero-order valence-electron chi connectivity index (χ0n) is 12.6. The summed E-state index contributed by atoms with van der Waals surface area (Å²) in [6.45, 7) is 0.508. The number of hydrogen-bond donors (Lipinski definition) is 0. The Morgan fingerprint density at radius 1 is 1.21 bits per heavy atom. The highest BCUT2D eigenvalue weighted by atomic mass is 16.5. The van der Waals surface area contributed by atoms with E-state index in [2.05, 4.69) is 5.10 Å². The van der Waals surface area contributed by atoms with Gasteiger partial charge in [0.2, 0.25) is 5.95 Å². The molecule has 0 radical (unpaired) electrons. The zero-order valence-corrected chi connectivity index (χ0v) is 12.6. The summed E-state index contributed by atoms with van der Waals surface area (Å²) in [5.74, 6) is 0.864. The number of carbonyl (C=O) groups is 1. The van der Waals surface area contributed by atoms with Crippen LogP contribution in [0, 0.1) is 11.3 Å². The molecule has 122 valence electrons. The van der Waals surface area contributed by atoms with E-state index in [9.17, 15) is 14.4 Å². The third-order valence-corrected chi connectivity index (χ3v) is 3.60. The van der Waals surface area contributed by atoms with Gasteiger partial charge < -0.3 is 14.4 Å². The summed E-state index contributed by atoms with van der Waals surface area (Å²) in [6, 6.07) is 8.83. The zero-order chi connectivity index (χ0) is 17.1. The van der Waals surface area contributed by atoms with Crippen LogP contribution < -0.4 is 20.8 Å². The van der Waals surface area contributed by atoms with E-state index in [0.717, 1.165) is 10.4 Å². The second kappa shape index (κ2) is 6.37. The summed E-state index contributed by atoms with van der Waals surface area (Å²) in [5, 5.41) is 12.6. The largest absolute Gasteiger partial charge is 0.479 e. The number of aldehydes is 1. The Bertz CT molecular complexity index is 923. The molecule has 0 aliphatic carbocycles. The lowest BCUT2D eigenvalue weighted by molar-refractivity contribution is -0.108. The molecule has 1 aromatic carbocycles.